The van der Waals surface area contributed by atoms with E-state index < -0.39 is 10.0 Å². The van der Waals surface area contributed by atoms with Crippen molar-refractivity contribution in [3.8, 4) is 0 Å². The Morgan fingerprint density at radius 3 is 2.23 bits per heavy atom. The second-order valence-corrected chi connectivity index (χ2v) is 9.59. The number of rotatable bonds is 8. The summed E-state index contributed by atoms with van der Waals surface area (Å²) in [5.74, 6) is -0.293. The van der Waals surface area contributed by atoms with Crippen LogP contribution in [0.1, 0.15) is 24.0 Å². The summed E-state index contributed by atoms with van der Waals surface area (Å²) in [6.45, 7) is 3.80. The van der Waals surface area contributed by atoms with Crippen molar-refractivity contribution in [1.82, 2.24) is 5.32 Å². The number of anilines is 1. The first-order chi connectivity index (χ1) is 14.8. The Balaban J connectivity index is 1.85. The lowest BCUT2D eigenvalue weighted by Gasteiger charge is -2.26. The minimum absolute atomic E-state index is 0.0947. The Hall–Kier alpha value is -2.83. The van der Waals surface area contributed by atoms with E-state index in [0.29, 0.717) is 22.8 Å². The van der Waals surface area contributed by atoms with E-state index in [1.807, 2.05) is 37.3 Å². The van der Waals surface area contributed by atoms with Crippen LogP contribution in [0.15, 0.2) is 83.8 Å². The second-order valence-electron chi connectivity index (χ2n) is 7.32. The molecule has 0 saturated heterocycles. The third kappa shape index (κ3) is 5.46. The topological polar surface area (TPSA) is 66.5 Å². The molecule has 0 aliphatic heterocycles. The van der Waals surface area contributed by atoms with Crippen LogP contribution in [-0.4, -0.2) is 27.4 Å². The highest BCUT2D eigenvalue weighted by molar-refractivity contribution is 7.92. The van der Waals surface area contributed by atoms with E-state index >= 15 is 0 Å². The Kier molecular flexibility index (Phi) is 7.36. The summed E-state index contributed by atoms with van der Waals surface area (Å²) in [7, 11) is -3.97. The van der Waals surface area contributed by atoms with Gasteiger partial charge in [0, 0.05) is 11.6 Å². The maximum Gasteiger partial charge on any atom is 0.264 e. The normalized spacial score (nSPS) is 12.2. The highest BCUT2D eigenvalue weighted by Gasteiger charge is 2.28. The number of nitrogens with zero attached hydrogens (tertiary/aromatic N) is 1. The highest BCUT2D eigenvalue weighted by Crippen LogP contribution is 2.30. The van der Waals surface area contributed by atoms with Crippen LogP contribution in [0.2, 0.25) is 5.02 Å². The van der Waals surface area contributed by atoms with Crippen LogP contribution >= 0.6 is 11.6 Å². The molecule has 0 radical (unpaired) electrons. The quantitative estimate of drug-likeness (QED) is 0.531. The molecule has 162 valence electrons. The van der Waals surface area contributed by atoms with Gasteiger partial charge in [-0.25, -0.2) is 8.42 Å². The van der Waals surface area contributed by atoms with Gasteiger partial charge in [0.25, 0.3) is 10.0 Å². The zero-order valence-electron chi connectivity index (χ0n) is 17.5. The predicted octanol–water partition coefficient (Wildman–Crippen LogP) is 4.76. The third-order valence-corrected chi connectivity index (χ3v) is 7.28. The molecule has 0 aliphatic rings. The number of sulfonamides is 1. The minimum Gasteiger partial charge on any atom is -0.354 e. The van der Waals surface area contributed by atoms with Crippen LogP contribution in [-0.2, 0) is 14.8 Å². The summed E-state index contributed by atoms with van der Waals surface area (Å²) in [6.07, 6.45) is 0. The molecule has 1 N–H and O–H groups in total. The minimum atomic E-state index is -3.97. The first kappa shape index (κ1) is 22.8. The number of nitrogens with one attached hydrogen (secondary N) is 1. The lowest BCUT2D eigenvalue weighted by Crippen LogP contribution is -2.42. The number of halogens is 1. The van der Waals surface area contributed by atoms with E-state index in [-0.39, 0.29) is 23.3 Å². The molecular weight excluding hydrogens is 432 g/mol. The van der Waals surface area contributed by atoms with Gasteiger partial charge in [0.15, 0.2) is 0 Å². The molecule has 1 unspecified atom stereocenters. The van der Waals surface area contributed by atoms with Crippen LogP contribution in [0.3, 0.4) is 0 Å². The number of hydrogen-bond acceptors (Lipinski definition) is 3. The Morgan fingerprint density at radius 1 is 0.968 bits per heavy atom. The smallest absolute Gasteiger partial charge is 0.264 e. The first-order valence-corrected chi connectivity index (χ1v) is 11.8. The number of amides is 1. The molecule has 0 aliphatic carbocycles. The Labute approximate surface area is 188 Å². The number of hydrogen-bond donors (Lipinski definition) is 1. The Morgan fingerprint density at radius 2 is 1.58 bits per heavy atom. The molecule has 3 rings (SSSR count). The summed E-state index contributed by atoms with van der Waals surface area (Å²) in [5, 5.41) is 3.29. The summed E-state index contributed by atoms with van der Waals surface area (Å²) in [5.41, 5.74) is 2.07. The molecule has 7 heteroatoms. The van der Waals surface area contributed by atoms with E-state index in [9.17, 15) is 13.2 Å². The number of benzene rings is 3. The first-order valence-electron chi connectivity index (χ1n) is 9.95. The van der Waals surface area contributed by atoms with E-state index in [4.69, 9.17) is 11.6 Å². The zero-order chi connectivity index (χ0) is 22.4. The van der Waals surface area contributed by atoms with Gasteiger partial charge in [-0.15, -0.1) is 0 Å². The third-order valence-electron chi connectivity index (χ3n) is 5.10. The maximum absolute atomic E-state index is 13.4. The van der Waals surface area contributed by atoms with E-state index in [1.54, 1.807) is 43.3 Å². The van der Waals surface area contributed by atoms with Gasteiger partial charge in [-0.3, -0.25) is 9.10 Å². The molecule has 5 nitrogen and oxygen atoms in total. The van der Waals surface area contributed by atoms with Gasteiger partial charge in [-0.05, 0) is 48.2 Å². The van der Waals surface area contributed by atoms with Crippen LogP contribution in [0, 0.1) is 6.92 Å². The van der Waals surface area contributed by atoms with E-state index in [1.165, 1.54) is 12.1 Å². The molecule has 0 heterocycles. The average molecular weight is 457 g/mol. The molecule has 1 atom stereocenters. The highest BCUT2D eigenvalue weighted by atomic mass is 35.5. The van der Waals surface area contributed by atoms with Crippen molar-refractivity contribution in [2.45, 2.75) is 24.7 Å². The zero-order valence-corrected chi connectivity index (χ0v) is 19.0. The molecule has 0 aromatic heterocycles. The lowest BCUT2D eigenvalue weighted by molar-refractivity contribution is -0.119. The predicted molar refractivity (Wildman–Crippen MR) is 125 cm³/mol. The van der Waals surface area contributed by atoms with Crippen molar-refractivity contribution in [1.29, 1.82) is 0 Å². The summed E-state index contributed by atoms with van der Waals surface area (Å²) in [6, 6.07) is 22.9. The maximum atomic E-state index is 13.4. The van der Waals surface area contributed by atoms with Crippen molar-refractivity contribution < 1.29 is 13.2 Å². The standard InChI is InChI=1S/C24H25ClN2O3S/c1-18(20-10-5-3-6-11-20)16-26-24(28)17-27(23-15-9-14-22(25)19(23)2)31(29,30)21-12-7-4-8-13-21/h3-15,18H,16-17H2,1-2H3,(H,26,28). The number of carbonyl (C=O) groups is 1. The molecule has 31 heavy (non-hydrogen) atoms. The molecule has 3 aromatic carbocycles. The summed E-state index contributed by atoms with van der Waals surface area (Å²) < 4.78 is 27.9. The fraction of sp³-hybridized carbons (Fsp3) is 0.208. The number of carbonyl (C=O) groups excluding carboxylic acids is 1. The molecular formula is C24H25ClN2O3S. The Bertz CT molecular complexity index is 1140. The van der Waals surface area contributed by atoms with Crippen molar-refractivity contribution in [2.75, 3.05) is 17.4 Å². The van der Waals surface area contributed by atoms with Gasteiger partial charge in [0.1, 0.15) is 6.54 Å². The van der Waals surface area contributed by atoms with Crippen molar-refractivity contribution >= 4 is 33.2 Å². The molecule has 0 saturated carbocycles. The van der Waals surface area contributed by atoms with Gasteiger partial charge < -0.3 is 5.32 Å². The summed E-state index contributed by atoms with van der Waals surface area (Å²) in [4.78, 5) is 12.9. The lowest BCUT2D eigenvalue weighted by atomic mass is 10.0. The van der Waals surface area contributed by atoms with Gasteiger partial charge >= 0.3 is 0 Å². The van der Waals surface area contributed by atoms with Gasteiger partial charge in [0.2, 0.25) is 5.91 Å². The SMILES string of the molecule is Cc1c(Cl)cccc1N(CC(=O)NCC(C)c1ccccc1)S(=O)(=O)c1ccccc1. The van der Waals surface area contributed by atoms with Crippen LogP contribution in [0.4, 0.5) is 5.69 Å². The summed E-state index contributed by atoms with van der Waals surface area (Å²) >= 11 is 6.24. The molecule has 0 bridgehead atoms. The molecule has 0 fully saturated rings. The monoisotopic (exact) mass is 456 g/mol. The van der Waals surface area contributed by atoms with Crippen molar-refractivity contribution in [2.24, 2.45) is 0 Å². The van der Waals surface area contributed by atoms with Crippen LogP contribution < -0.4 is 9.62 Å². The molecule has 3 aromatic rings. The molecule has 1 amide bonds. The van der Waals surface area contributed by atoms with Crippen LogP contribution in [0.5, 0.6) is 0 Å². The van der Waals surface area contributed by atoms with Gasteiger partial charge in [-0.2, -0.15) is 0 Å². The fourth-order valence-corrected chi connectivity index (χ4v) is 4.91. The van der Waals surface area contributed by atoms with Gasteiger partial charge in [0.05, 0.1) is 10.6 Å². The van der Waals surface area contributed by atoms with Crippen molar-refractivity contribution in [3.05, 3.63) is 95.0 Å². The van der Waals surface area contributed by atoms with E-state index in [0.717, 1.165) is 9.87 Å². The largest absolute Gasteiger partial charge is 0.354 e. The van der Waals surface area contributed by atoms with Crippen molar-refractivity contribution in [3.63, 3.8) is 0 Å². The van der Waals surface area contributed by atoms with E-state index in [2.05, 4.69) is 5.32 Å². The van der Waals surface area contributed by atoms with Crippen LogP contribution in [0.25, 0.3) is 0 Å². The fourth-order valence-electron chi connectivity index (χ4n) is 3.24. The van der Waals surface area contributed by atoms with Gasteiger partial charge in [-0.1, -0.05) is 73.1 Å². The molecule has 0 spiro atoms. The second kappa shape index (κ2) is 9.98. The average Bonchev–Trinajstić information content (AvgIpc) is 2.79.